The summed E-state index contributed by atoms with van der Waals surface area (Å²) in [6.45, 7) is 0. The molecule has 1 amide bonds. The molecule has 17 heavy (non-hydrogen) atoms. The fourth-order valence-electron chi connectivity index (χ4n) is 2.62. The van der Waals surface area contributed by atoms with E-state index >= 15 is 0 Å². The third kappa shape index (κ3) is 6.63. The largest absolute Gasteiger partial charge is 0.359 e. The summed E-state index contributed by atoms with van der Waals surface area (Å²) in [5.41, 5.74) is 0. The maximum absolute atomic E-state index is 11.7. The van der Waals surface area contributed by atoms with Crippen LogP contribution in [-0.4, -0.2) is 16.9 Å². The Labute approximate surface area is 119 Å². The Morgan fingerprint density at radius 3 is 1.88 bits per heavy atom. The van der Waals surface area contributed by atoms with Crippen molar-refractivity contribution in [1.82, 2.24) is 5.32 Å². The zero-order valence-corrected chi connectivity index (χ0v) is 13.2. The van der Waals surface area contributed by atoms with Gasteiger partial charge in [0.1, 0.15) is 0 Å². The molecule has 1 aliphatic rings. The minimum Gasteiger partial charge on any atom is -0.359 e. The normalized spacial score (nSPS) is 28.8. The highest BCUT2D eigenvalue weighted by molar-refractivity contribution is 14.1. The van der Waals surface area contributed by atoms with Gasteiger partial charge in [0.05, 0.1) is 0 Å². The molecule has 1 saturated carbocycles. The molecule has 0 aliphatic heterocycles. The Hall–Kier alpha value is 0.200. The molecule has 1 aliphatic carbocycles. The Bertz CT molecular complexity index is 206. The number of rotatable bonds is 1. The van der Waals surface area contributed by atoms with Gasteiger partial charge in [0.2, 0.25) is 5.91 Å². The number of alkyl halides is 1. The predicted molar refractivity (Wildman–Crippen MR) is 81.5 cm³/mol. The minimum absolute atomic E-state index is 0.258. The van der Waals surface area contributed by atoms with Crippen molar-refractivity contribution in [3.63, 3.8) is 0 Å². The number of carbonyl (C=O) groups is 1. The molecule has 1 N–H and O–H groups in total. The standard InChI is InChI=1S/C14H26INO/c1-16-14(17)12-8-4-2-6-10-13(15)11-7-3-5-9-12/h12-13H,2-11H2,1H3,(H,16,17). The average molecular weight is 351 g/mol. The van der Waals surface area contributed by atoms with Crippen LogP contribution < -0.4 is 5.32 Å². The molecule has 1 rings (SSSR count). The topological polar surface area (TPSA) is 29.1 Å². The third-order valence-corrected chi connectivity index (χ3v) is 5.00. The number of hydrogen-bond acceptors (Lipinski definition) is 1. The molecule has 0 heterocycles. The Kier molecular flexibility index (Phi) is 8.23. The molecule has 0 atom stereocenters. The van der Waals surface area contributed by atoms with Crippen LogP contribution in [0.2, 0.25) is 0 Å². The molecule has 2 nitrogen and oxygen atoms in total. The van der Waals surface area contributed by atoms with E-state index in [1.165, 1.54) is 51.4 Å². The van der Waals surface area contributed by atoms with Gasteiger partial charge in [-0.1, -0.05) is 61.1 Å². The van der Waals surface area contributed by atoms with Gasteiger partial charge in [-0.25, -0.2) is 0 Å². The van der Waals surface area contributed by atoms with E-state index in [9.17, 15) is 4.79 Å². The van der Waals surface area contributed by atoms with Crippen molar-refractivity contribution < 1.29 is 4.79 Å². The summed E-state index contributed by atoms with van der Waals surface area (Å²) < 4.78 is 0.877. The fourth-order valence-corrected chi connectivity index (χ4v) is 3.50. The van der Waals surface area contributed by atoms with E-state index < -0.39 is 0 Å². The first-order chi connectivity index (χ1) is 8.24. The van der Waals surface area contributed by atoms with E-state index in [0.717, 1.165) is 16.8 Å². The number of nitrogens with one attached hydrogen (secondary N) is 1. The number of carbonyl (C=O) groups excluding carboxylic acids is 1. The van der Waals surface area contributed by atoms with E-state index in [2.05, 4.69) is 27.9 Å². The third-order valence-electron chi connectivity index (χ3n) is 3.76. The van der Waals surface area contributed by atoms with Gasteiger partial charge in [-0.15, -0.1) is 0 Å². The van der Waals surface area contributed by atoms with Gasteiger partial charge in [-0.05, 0) is 25.7 Å². The van der Waals surface area contributed by atoms with Crippen LogP contribution in [0.5, 0.6) is 0 Å². The fraction of sp³-hybridized carbons (Fsp3) is 0.929. The lowest BCUT2D eigenvalue weighted by Gasteiger charge is -2.17. The summed E-state index contributed by atoms with van der Waals surface area (Å²) in [5.74, 6) is 0.531. The summed E-state index contributed by atoms with van der Waals surface area (Å²) in [4.78, 5) is 11.7. The lowest BCUT2D eigenvalue weighted by atomic mass is 9.92. The molecule has 0 radical (unpaired) electrons. The van der Waals surface area contributed by atoms with Crippen molar-refractivity contribution in [3.05, 3.63) is 0 Å². The first-order valence-electron chi connectivity index (χ1n) is 7.09. The van der Waals surface area contributed by atoms with E-state index in [-0.39, 0.29) is 11.8 Å². The van der Waals surface area contributed by atoms with Crippen LogP contribution in [-0.2, 0) is 4.79 Å². The maximum atomic E-state index is 11.7. The van der Waals surface area contributed by atoms with Crippen molar-refractivity contribution in [2.75, 3.05) is 7.05 Å². The summed E-state index contributed by atoms with van der Waals surface area (Å²) in [6.07, 6.45) is 12.6. The van der Waals surface area contributed by atoms with Crippen LogP contribution in [0.15, 0.2) is 0 Å². The average Bonchev–Trinajstić information content (AvgIpc) is 2.32. The molecule has 0 aromatic heterocycles. The highest BCUT2D eigenvalue weighted by Crippen LogP contribution is 2.24. The van der Waals surface area contributed by atoms with Crippen LogP contribution in [0.1, 0.15) is 64.2 Å². The molecule has 0 unspecified atom stereocenters. The molecule has 0 saturated heterocycles. The van der Waals surface area contributed by atoms with Crippen LogP contribution in [0.3, 0.4) is 0 Å². The van der Waals surface area contributed by atoms with E-state index in [1.807, 2.05) is 0 Å². The van der Waals surface area contributed by atoms with Crippen molar-refractivity contribution in [2.24, 2.45) is 5.92 Å². The van der Waals surface area contributed by atoms with Crippen LogP contribution >= 0.6 is 22.6 Å². The lowest BCUT2D eigenvalue weighted by molar-refractivity contribution is -0.125. The summed E-state index contributed by atoms with van der Waals surface area (Å²) in [7, 11) is 1.76. The van der Waals surface area contributed by atoms with Crippen molar-refractivity contribution in [1.29, 1.82) is 0 Å². The maximum Gasteiger partial charge on any atom is 0.222 e. The molecule has 3 heteroatoms. The summed E-state index contributed by atoms with van der Waals surface area (Å²) in [6, 6.07) is 0. The lowest BCUT2D eigenvalue weighted by Crippen LogP contribution is -2.27. The highest BCUT2D eigenvalue weighted by atomic mass is 127. The highest BCUT2D eigenvalue weighted by Gasteiger charge is 2.17. The second kappa shape index (κ2) is 9.17. The van der Waals surface area contributed by atoms with Crippen LogP contribution in [0.4, 0.5) is 0 Å². The SMILES string of the molecule is CNC(=O)C1CCCCCC(I)CCCCC1. The first-order valence-corrected chi connectivity index (χ1v) is 8.34. The summed E-state index contributed by atoms with van der Waals surface area (Å²) >= 11 is 2.61. The molecule has 0 aromatic rings. The van der Waals surface area contributed by atoms with E-state index in [4.69, 9.17) is 0 Å². The minimum atomic E-state index is 0.258. The first kappa shape index (κ1) is 15.3. The van der Waals surface area contributed by atoms with Gasteiger partial charge in [0.15, 0.2) is 0 Å². The molecule has 0 bridgehead atoms. The molecule has 100 valence electrons. The van der Waals surface area contributed by atoms with Gasteiger partial charge < -0.3 is 5.32 Å². The van der Waals surface area contributed by atoms with E-state index in [1.54, 1.807) is 7.05 Å². The zero-order chi connectivity index (χ0) is 12.5. The smallest absolute Gasteiger partial charge is 0.222 e. The second-order valence-corrected chi connectivity index (χ2v) is 6.95. The number of hydrogen-bond donors (Lipinski definition) is 1. The van der Waals surface area contributed by atoms with Gasteiger partial charge in [-0.3, -0.25) is 4.79 Å². The molecule has 1 fully saturated rings. The second-order valence-electron chi connectivity index (χ2n) is 5.18. The Balaban J connectivity index is 2.37. The number of amides is 1. The molecule has 0 spiro atoms. The van der Waals surface area contributed by atoms with Crippen molar-refractivity contribution in [3.8, 4) is 0 Å². The van der Waals surface area contributed by atoms with Crippen molar-refractivity contribution >= 4 is 28.5 Å². The van der Waals surface area contributed by atoms with Gasteiger partial charge in [0.25, 0.3) is 0 Å². The van der Waals surface area contributed by atoms with Gasteiger partial charge in [-0.2, -0.15) is 0 Å². The van der Waals surface area contributed by atoms with Gasteiger partial charge >= 0.3 is 0 Å². The van der Waals surface area contributed by atoms with Gasteiger partial charge in [0, 0.05) is 16.9 Å². The summed E-state index contributed by atoms with van der Waals surface area (Å²) in [5, 5.41) is 2.81. The molecule has 0 aromatic carbocycles. The predicted octanol–water partition coefficient (Wildman–Crippen LogP) is 4.07. The van der Waals surface area contributed by atoms with Crippen molar-refractivity contribution in [2.45, 2.75) is 68.1 Å². The molecular weight excluding hydrogens is 325 g/mol. The van der Waals surface area contributed by atoms with E-state index in [0.29, 0.717) is 0 Å². The van der Waals surface area contributed by atoms with Crippen LogP contribution in [0.25, 0.3) is 0 Å². The van der Waals surface area contributed by atoms with Crippen LogP contribution in [0, 0.1) is 5.92 Å². The Morgan fingerprint density at radius 1 is 0.941 bits per heavy atom. The zero-order valence-electron chi connectivity index (χ0n) is 11.0. The Morgan fingerprint density at radius 2 is 1.41 bits per heavy atom. The monoisotopic (exact) mass is 351 g/mol. The quantitative estimate of drug-likeness (QED) is 0.560. The number of halogens is 1. The molecular formula is C14H26INO.